The molecule has 2 nitrogen and oxygen atoms in total. The van der Waals surface area contributed by atoms with Crippen LogP contribution in [-0.4, -0.2) is 11.1 Å². The van der Waals surface area contributed by atoms with Gasteiger partial charge >= 0.3 is 5.97 Å². The second-order valence-electron chi connectivity index (χ2n) is 5.48. The highest BCUT2D eigenvalue weighted by Crippen LogP contribution is 2.30. The summed E-state index contributed by atoms with van der Waals surface area (Å²) >= 11 is 0. The van der Waals surface area contributed by atoms with Crippen LogP contribution in [0, 0.1) is 17.8 Å². The highest BCUT2D eigenvalue weighted by atomic mass is 16.4. The lowest BCUT2D eigenvalue weighted by molar-refractivity contribution is -0.141. The van der Waals surface area contributed by atoms with Gasteiger partial charge in [0.05, 0.1) is 5.92 Å². The third-order valence-corrected chi connectivity index (χ3v) is 3.63. The summed E-state index contributed by atoms with van der Waals surface area (Å²) in [5.74, 6) is 0.629. The summed E-state index contributed by atoms with van der Waals surface area (Å²) in [7, 11) is 0. The molecule has 92 valence electrons. The molecule has 0 radical (unpaired) electrons. The summed E-state index contributed by atoms with van der Waals surface area (Å²) in [4.78, 5) is 10.7. The Labute approximate surface area is 98.7 Å². The number of hydrogen-bond acceptors (Lipinski definition) is 1. The first-order valence-electron chi connectivity index (χ1n) is 6.39. The van der Waals surface area contributed by atoms with Gasteiger partial charge in [-0.15, -0.1) is 0 Å². The maximum atomic E-state index is 10.7. The van der Waals surface area contributed by atoms with Gasteiger partial charge in [-0.1, -0.05) is 38.3 Å². The molecule has 0 saturated heterocycles. The molecule has 1 aliphatic rings. The van der Waals surface area contributed by atoms with Crippen LogP contribution in [-0.2, 0) is 4.79 Å². The van der Waals surface area contributed by atoms with Gasteiger partial charge in [0, 0.05) is 0 Å². The van der Waals surface area contributed by atoms with Gasteiger partial charge in [-0.05, 0) is 38.0 Å². The molecule has 1 aliphatic carbocycles. The molecule has 1 rings (SSSR count). The lowest BCUT2D eigenvalue weighted by Gasteiger charge is -2.24. The maximum Gasteiger partial charge on any atom is 0.306 e. The Morgan fingerprint density at radius 1 is 1.38 bits per heavy atom. The number of carboxylic acid groups (broad SMARTS) is 1. The van der Waals surface area contributed by atoms with Crippen molar-refractivity contribution in [2.45, 2.75) is 52.9 Å². The number of aliphatic carboxylic acids is 1. The average molecular weight is 224 g/mol. The minimum absolute atomic E-state index is 0.251. The predicted octanol–water partition coefficient (Wildman–Crippen LogP) is 3.87. The molecular formula is C14H24O2. The molecule has 1 saturated carbocycles. The van der Waals surface area contributed by atoms with E-state index in [-0.39, 0.29) is 5.92 Å². The Morgan fingerprint density at radius 3 is 2.44 bits per heavy atom. The molecule has 1 N–H and O–H groups in total. The summed E-state index contributed by atoms with van der Waals surface area (Å²) in [6, 6.07) is 0. The molecule has 0 spiro atoms. The Balaban J connectivity index is 2.41. The van der Waals surface area contributed by atoms with Gasteiger partial charge < -0.3 is 5.11 Å². The summed E-state index contributed by atoms with van der Waals surface area (Å²) in [5, 5.41) is 8.84. The second-order valence-corrected chi connectivity index (χ2v) is 5.48. The average Bonchev–Trinajstić information content (AvgIpc) is 2.21. The van der Waals surface area contributed by atoms with E-state index in [0.717, 1.165) is 5.92 Å². The number of carbonyl (C=O) groups is 1. The van der Waals surface area contributed by atoms with Gasteiger partial charge in [-0.25, -0.2) is 0 Å². The van der Waals surface area contributed by atoms with Crippen LogP contribution in [0.5, 0.6) is 0 Å². The first-order valence-corrected chi connectivity index (χ1v) is 6.39. The first kappa shape index (κ1) is 13.3. The fourth-order valence-corrected chi connectivity index (χ4v) is 2.49. The first-order chi connectivity index (χ1) is 7.49. The van der Waals surface area contributed by atoms with E-state index in [9.17, 15) is 4.79 Å². The molecule has 0 aromatic heterocycles. The molecule has 0 bridgehead atoms. The van der Waals surface area contributed by atoms with Gasteiger partial charge in [0.1, 0.15) is 0 Å². The van der Waals surface area contributed by atoms with Crippen molar-refractivity contribution in [1.82, 2.24) is 0 Å². The Hall–Kier alpha value is -0.790. The van der Waals surface area contributed by atoms with Crippen LogP contribution in [0.3, 0.4) is 0 Å². The van der Waals surface area contributed by atoms with Gasteiger partial charge in [-0.3, -0.25) is 4.79 Å². The standard InChI is InChI=1S/C14H24O2/c1-10-4-6-13(7-5-10)9-11(2)8-12(3)14(15)16/h9-10,12-13H,4-8H2,1-3H3,(H,15,16). The van der Waals surface area contributed by atoms with Crippen molar-refractivity contribution in [2.75, 3.05) is 0 Å². The number of rotatable bonds is 4. The molecular weight excluding hydrogens is 200 g/mol. The molecule has 0 amide bonds. The number of carboxylic acids is 1. The smallest absolute Gasteiger partial charge is 0.306 e. The van der Waals surface area contributed by atoms with Crippen LogP contribution < -0.4 is 0 Å². The molecule has 0 aromatic carbocycles. The Kier molecular flexibility index (Phi) is 5.04. The van der Waals surface area contributed by atoms with E-state index < -0.39 is 5.97 Å². The van der Waals surface area contributed by atoms with E-state index >= 15 is 0 Å². The molecule has 0 aliphatic heterocycles. The third kappa shape index (κ3) is 4.38. The summed E-state index contributed by atoms with van der Waals surface area (Å²) in [5.41, 5.74) is 1.24. The zero-order chi connectivity index (χ0) is 12.1. The van der Waals surface area contributed by atoms with Crippen molar-refractivity contribution in [3.05, 3.63) is 11.6 Å². The van der Waals surface area contributed by atoms with Gasteiger partial charge in [0.25, 0.3) is 0 Å². The SMILES string of the molecule is CC(=CC1CCC(C)CC1)CC(C)C(=O)O. The third-order valence-electron chi connectivity index (χ3n) is 3.63. The van der Waals surface area contributed by atoms with Crippen molar-refractivity contribution in [3.8, 4) is 0 Å². The van der Waals surface area contributed by atoms with Gasteiger partial charge in [-0.2, -0.15) is 0 Å². The van der Waals surface area contributed by atoms with E-state index in [1.807, 2.05) is 0 Å². The highest BCUT2D eigenvalue weighted by Gasteiger charge is 2.17. The van der Waals surface area contributed by atoms with Crippen molar-refractivity contribution in [2.24, 2.45) is 17.8 Å². The van der Waals surface area contributed by atoms with Crippen molar-refractivity contribution >= 4 is 5.97 Å². The maximum absolute atomic E-state index is 10.7. The van der Waals surface area contributed by atoms with E-state index in [2.05, 4.69) is 19.9 Å². The van der Waals surface area contributed by atoms with Crippen LogP contribution in [0.4, 0.5) is 0 Å². The van der Waals surface area contributed by atoms with Gasteiger partial charge in [0.2, 0.25) is 0 Å². The van der Waals surface area contributed by atoms with E-state index in [1.54, 1.807) is 6.92 Å². The quantitative estimate of drug-likeness (QED) is 0.736. The van der Waals surface area contributed by atoms with Crippen LogP contribution in [0.2, 0.25) is 0 Å². The topological polar surface area (TPSA) is 37.3 Å². The van der Waals surface area contributed by atoms with Crippen molar-refractivity contribution in [3.63, 3.8) is 0 Å². The number of allylic oxidation sites excluding steroid dienone is 2. The van der Waals surface area contributed by atoms with Crippen LogP contribution in [0.25, 0.3) is 0 Å². The Bertz CT molecular complexity index is 260. The molecule has 16 heavy (non-hydrogen) atoms. The van der Waals surface area contributed by atoms with Crippen molar-refractivity contribution in [1.29, 1.82) is 0 Å². The van der Waals surface area contributed by atoms with E-state index in [4.69, 9.17) is 5.11 Å². The summed E-state index contributed by atoms with van der Waals surface area (Å²) in [6.07, 6.45) is 8.21. The second kappa shape index (κ2) is 6.07. The van der Waals surface area contributed by atoms with Crippen LogP contribution >= 0.6 is 0 Å². The number of hydrogen-bond donors (Lipinski definition) is 1. The fourth-order valence-electron chi connectivity index (χ4n) is 2.49. The molecule has 1 atom stereocenters. The predicted molar refractivity (Wildman–Crippen MR) is 66.3 cm³/mol. The Morgan fingerprint density at radius 2 is 1.94 bits per heavy atom. The monoisotopic (exact) mass is 224 g/mol. The van der Waals surface area contributed by atoms with Crippen molar-refractivity contribution < 1.29 is 9.90 Å². The normalized spacial score (nSPS) is 28.8. The molecule has 1 unspecified atom stereocenters. The van der Waals surface area contributed by atoms with Crippen LogP contribution in [0.15, 0.2) is 11.6 Å². The van der Waals surface area contributed by atoms with E-state index in [0.29, 0.717) is 12.3 Å². The van der Waals surface area contributed by atoms with Crippen LogP contribution in [0.1, 0.15) is 52.9 Å². The molecule has 1 fully saturated rings. The molecule has 0 heterocycles. The summed E-state index contributed by atoms with van der Waals surface area (Å²) < 4.78 is 0. The lowest BCUT2D eigenvalue weighted by atomic mass is 9.82. The lowest BCUT2D eigenvalue weighted by Crippen LogP contribution is -2.12. The molecule has 2 heteroatoms. The summed E-state index contributed by atoms with van der Waals surface area (Å²) in [6.45, 7) is 6.17. The minimum Gasteiger partial charge on any atom is -0.481 e. The largest absolute Gasteiger partial charge is 0.481 e. The van der Waals surface area contributed by atoms with Gasteiger partial charge in [0.15, 0.2) is 0 Å². The zero-order valence-corrected chi connectivity index (χ0v) is 10.7. The fraction of sp³-hybridized carbons (Fsp3) is 0.786. The zero-order valence-electron chi connectivity index (χ0n) is 10.7. The van der Waals surface area contributed by atoms with E-state index in [1.165, 1.54) is 31.3 Å². The highest BCUT2D eigenvalue weighted by molar-refractivity contribution is 5.69. The molecule has 0 aromatic rings. The minimum atomic E-state index is -0.690.